The zero-order valence-electron chi connectivity index (χ0n) is 15.2. The van der Waals surface area contributed by atoms with Gasteiger partial charge in [-0.1, -0.05) is 24.3 Å². The summed E-state index contributed by atoms with van der Waals surface area (Å²) < 4.78 is 0. The molecule has 0 radical (unpaired) electrons. The number of amides is 2. The Kier molecular flexibility index (Phi) is 5.16. The molecular formula is C21H24N4O2. The normalized spacial score (nSPS) is 22.1. The lowest BCUT2D eigenvalue weighted by Gasteiger charge is -2.37. The van der Waals surface area contributed by atoms with Crippen molar-refractivity contribution in [1.29, 1.82) is 0 Å². The lowest BCUT2D eigenvalue weighted by atomic mass is 9.89. The third kappa shape index (κ3) is 3.85. The number of aromatic nitrogens is 1. The number of rotatable bonds is 4. The van der Waals surface area contributed by atoms with E-state index in [0.29, 0.717) is 25.8 Å². The molecule has 27 heavy (non-hydrogen) atoms. The fourth-order valence-electron chi connectivity index (χ4n) is 3.96. The Morgan fingerprint density at radius 3 is 2.96 bits per heavy atom. The molecule has 1 aromatic carbocycles. The van der Waals surface area contributed by atoms with Gasteiger partial charge in [-0.15, -0.1) is 0 Å². The Labute approximate surface area is 159 Å². The van der Waals surface area contributed by atoms with Gasteiger partial charge in [-0.2, -0.15) is 0 Å². The molecule has 2 unspecified atom stereocenters. The molecule has 2 aliphatic rings. The van der Waals surface area contributed by atoms with Crippen LogP contribution in [0, 0.1) is 5.92 Å². The highest BCUT2D eigenvalue weighted by atomic mass is 16.2. The Bertz CT molecular complexity index is 824. The van der Waals surface area contributed by atoms with E-state index in [1.807, 2.05) is 47.5 Å². The summed E-state index contributed by atoms with van der Waals surface area (Å²) in [6.07, 6.45) is 5.22. The molecule has 6 nitrogen and oxygen atoms in total. The predicted octanol–water partition coefficient (Wildman–Crippen LogP) is 2.15. The van der Waals surface area contributed by atoms with Crippen molar-refractivity contribution in [3.05, 3.63) is 59.9 Å². The lowest BCUT2D eigenvalue weighted by Crippen LogP contribution is -2.48. The number of benzene rings is 1. The van der Waals surface area contributed by atoms with Gasteiger partial charge in [-0.05, 0) is 36.1 Å². The van der Waals surface area contributed by atoms with E-state index in [4.69, 9.17) is 0 Å². The molecule has 2 N–H and O–H groups in total. The minimum atomic E-state index is -0.149. The van der Waals surface area contributed by atoms with E-state index in [0.717, 1.165) is 29.9 Å². The predicted molar refractivity (Wildman–Crippen MR) is 103 cm³/mol. The molecular weight excluding hydrogens is 340 g/mol. The molecule has 140 valence electrons. The van der Waals surface area contributed by atoms with Gasteiger partial charge >= 0.3 is 0 Å². The average molecular weight is 364 g/mol. The van der Waals surface area contributed by atoms with Crippen LogP contribution in [0.3, 0.4) is 0 Å². The van der Waals surface area contributed by atoms with Crippen molar-refractivity contribution in [3.63, 3.8) is 0 Å². The van der Waals surface area contributed by atoms with Gasteiger partial charge in [0.1, 0.15) is 0 Å². The van der Waals surface area contributed by atoms with Crippen LogP contribution in [0.15, 0.2) is 48.8 Å². The molecule has 0 aliphatic carbocycles. The van der Waals surface area contributed by atoms with E-state index in [-0.39, 0.29) is 23.8 Å². The summed E-state index contributed by atoms with van der Waals surface area (Å²) in [4.78, 5) is 31.4. The van der Waals surface area contributed by atoms with Gasteiger partial charge in [0.05, 0.1) is 6.04 Å². The number of hydrogen-bond donors (Lipinski definition) is 2. The number of fused-ring (bicyclic) bond motifs is 1. The number of hydrogen-bond acceptors (Lipinski definition) is 4. The maximum Gasteiger partial charge on any atom is 0.227 e. The van der Waals surface area contributed by atoms with Crippen LogP contribution in [-0.4, -0.2) is 41.3 Å². The standard InChI is InChI=1S/C21H24N4O2/c26-20(25-11-10-23-14-19(25)17-5-3-9-22-13-17)8-7-16-12-15-4-1-2-6-18(15)24-21(16)27/h1-6,9,13,16,19,23H,7-8,10-12,14H2,(H,24,27). The molecule has 2 atom stereocenters. The summed E-state index contributed by atoms with van der Waals surface area (Å²) in [6.45, 7) is 2.20. The fourth-order valence-corrected chi connectivity index (χ4v) is 3.96. The van der Waals surface area contributed by atoms with Crippen molar-refractivity contribution < 1.29 is 9.59 Å². The summed E-state index contributed by atoms with van der Waals surface area (Å²) in [5, 5.41) is 6.32. The van der Waals surface area contributed by atoms with Crippen molar-refractivity contribution in [1.82, 2.24) is 15.2 Å². The van der Waals surface area contributed by atoms with E-state index >= 15 is 0 Å². The molecule has 0 saturated carbocycles. The van der Waals surface area contributed by atoms with Crippen LogP contribution in [0.5, 0.6) is 0 Å². The van der Waals surface area contributed by atoms with E-state index in [9.17, 15) is 9.59 Å². The highest BCUT2D eigenvalue weighted by Gasteiger charge is 2.30. The maximum absolute atomic E-state index is 12.9. The van der Waals surface area contributed by atoms with Gasteiger partial charge in [0.25, 0.3) is 0 Å². The van der Waals surface area contributed by atoms with Gasteiger partial charge in [-0.3, -0.25) is 14.6 Å². The molecule has 1 aromatic heterocycles. The van der Waals surface area contributed by atoms with Gasteiger partial charge in [0.15, 0.2) is 0 Å². The zero-order chi connectivity index (χ0) is 18.6. The van der Waals surface area contributed by atoms with Crippen molar-refractivity contribution in [3.8, 4) is 0 Å². The molecule has 0 bridgehead atoms. The number of anilines is 1. The SMILES string of the molecule is O=C1Nc2ccccc2CC1CCC(=O)N1CCNCC1c1cccnc1. The number of piperazine rings is 1. The molecule has 2 amide bonds. The summed E-state index contributed by atoms with van der Waals surface area (Å²) in [6, 6.07) is 11.8. The third-order valence-corrected chi connectivity index (χ3v) is 5.45. The Morgan fingerprint density at radius 1 is 1.22 bits per heavy atom. The van der Waals surface area contributed by atoms with Crippen molar-refractivity contribution in [2.45, 2.75) is 25.3 Å². The Hall–Kier alpha value is -2.73. The van der Waals surface area contributed by atoms with Crippen molar-refractivity contribution in [2.75, 3.05) is 25.0 Å². The second-order valence-corrected chi connectivity index (χ2v) is 7.18. The molecule has 2 aromatic rings. The largest absolute Gasteiger partial charge is 0.333 e. The van der Waals surface area contributed by atoms with Crippen LogP contribution in [-0.2, 0) is 16.0 Å². The Morgan fingerprint density at radius 2 is 2.11 bits per heavy atom. The van der Waals surface area contributed by atoms with Crippen LogP contribution in [0.4, 0.5) is 5.69 Å². The second kappa shape index (κ2) is 7.88. The summed E-state index contributed by atoms with van der Waals surface area (Å²) >= 11 is 0. The number of carbonyl (C=O) groups excluding carboxylic acids is 2. The quantitative estimate of drug-likeness (QED) is 0.872. The van der Waals surface area contributed by atoms with Gasteiger partial charge < -0.3 is 15.5 Å². The highest BCUT2D eigenvalue weighted by molar-refractivity contribution is 5.96. The van der Waals surface area contributed by atoms with E-state index in [2.05, 4.69) is 15.6 Å². The van der Waals surface area contributed by atoms with Crippen LogP contribution in [0.2, 0.25) is 0 Å². The maximum atomic E-state index is 12.9. The Balaban J connectivity index is 1.40. The third-order valence-electron chi connectivity index (χ3n) is 5.45. The molecule has 1 fully saturated rings. The fraction of sp³-hybridized carbons (Fsp3) is 0.381. The molecule has 2 aliphatic heterocycles. The van der Waals surface area contributed by atoms with Crippen LogP contribution < -0.4 is 10.6 Å². The monoisotopic (exact) mass is 364 g/mol. The van der Waals surface area contributed by atoms with Gasteiger partial charge in [0.2, 0.25) is 11.8 Å². The first kappa shape index (κ1) is 17.7. The number of nitrogens with one attached hydrogen (secondary N) is 2. The number of nitrogens with zero attached hydrogens (tertiary/aromatic N) is 2. The minimum absolute atomic E-state index is 0.000795. The molecule has 1 saturated heterocycles. The van der Waals surface area contributed by atoms with Gasteiger partial charge in [0, 0.05) is 50.1 Å². The molecule has 3 heterocycles. The summed E-state index contributed by atoms with van der Waals surface area (Å²) in [5.41, 5.74) is 3.08. The van der Waals surface area contributed by atoms with Crippen molar-refractivity contribution in [2.24, 2.45) is 5.92 Å². The molecule has 0 spiro atoms. The van der Waals surface area contributed by atoms with Crippen LogP contribution in [0.25, 0.3) is 0 Å². The molecule has 4 rings (SSSR count). The van der Waals surface area contributed by atoms with Crippen LogP contribution in [0.1, 0.15) is 30.0 Å². The number of carbonyl (C=O) groups is 2. The van der Waals surface area contributed by atoms with Crippen molar-refractivity contribution >= 4 is 17.5 Å². The van der Waals surface area contributed by atoms with E-state index < -0.39 is 0 Å². The summed E-state index contributed by atoms with van der Waals surface area (Å²) in [7, 11) is 0. The van der Waals surface area contributed by atoms with Gasteiger partial charge in [-0.25, -0.2) is 0 Å². The smallest absolute Gasteiger partial charge is 0.227 e. The van der Waals surface area contributed by atoms with E-state index in [1.165, 1.54) is 0 Å². The summed E-state index contributed by atoms with van der Waals surface area (Å²) in [5.74, 6) is -0.0220. The lowest BCUT2D eigenvalue weighted by molar-refractivity contribution is -0.135. The van der Waals surface area contributed by atoms with E-state index in [1.54, 1.807) is 6.20 Å². The molecule has 6 heteroatoms. The van der Waals surface area contributed by atoms with Crippen LogP contribution >= 0.6 is 0 Å². The highest BCUT2D eigenvalue weighted by Crippen LogP contribution is 2.29. The zero-order valence-corrected chi connectivity index (χ0v) is 15.2. The first-order valence-electron chi connectivity index (χ1n) is 9.51. The number of para-hydroxylation sites is 1. The average Bonchev–Trinajstić information content (AvgIpc) is 2.72. The topological polar surface area (TPSA) is 74.3 Å². The minimum Gasteiger partial charge on any atom is -0.333 e. The second-order valence-electron chi connectivity index (χ2n) is 7.18. The number of pyridine rings is 1. The first-order chi connectivity index (χ1) is 13.2. The first-order valence-corrected chi connectivity index (χ1v) is 9.51.